The monoisotopic (exact) mass is 577 g/mol. The van der Waals surface area contributed by atoms with Gasteiger partial charge in [0.05, 0.1) is 33.0 Å². The van der Waals surface area contributed by atoms with Crippen molar-refractivity contribution in [1.82, 2.24) is 25.3 Å². The summed E-state index contributed by atoms with van der Waals surface area (Å²) in [6, 6.07) is -0.303. The van der Waals surface area contributed by atoms with Gasteiger partial charge in [0.25, 0.3) is 0 Å². The van der Waals surface area contributed by atoms with Crippen LogP contribution in [0.5, 0.6) is 0 Å². The summed E-state index contributed by atoms with van der Waals surface area (Å²) in [6.45, 7) is 4.95. The molecular weight excluding hydrogens is 530 g/mol. The number of carbonyl (C=O) groups is 4. The van der Waals surface area contributed by atoms with Crippen LogP contribution < -0.4 is 10.6 Å². The van der Waals surface area contributed by atoms with Crippen LogP contribution in [0.15, 0.2) is 0 Å². The SMILES string of the molecule is O=C1NCCOCCOCC(=O)N2CC[C@@H](CC(=O)N3CCOCC3)[C@@H](CC(=O)N3CC[C@@H](NC4CCCC4)[C@@H]13)C2. The second-order valence-corrected chi connectivity index (χ2v) is 12.1. The van der Waals surface area contributed by atoms with Crippen molar-refractivity contribution in [3.05, 3.63) is 0 Å². The molecule has 0 unspecified atom stereocenters. The number of rotatable bonds is 4. The highest BCUT2D eigenvalue weighted by molar-refractivity contribution is 5.89. The lowest BCUT2D eigenvalue weighted by Gasteiger charge is -2.40. The number of fused-ring (bicyclic) bond motifs is 3. The van der Waals surface area contributed by atoms with E-state index in [1.54, 1.807) is 9.80 Å². The molecule has 5 fully saturated rings. The standard InChI is InChI=1S/C29H47N5O7/c35-25(32-10-13-40-14-11-32)17-21-5-8-33-19-22(21)18-26(36)34-9-6-24(31-23-3-1-2-4-23)28(34)29(38)30-7-12-39-15-16-41-20-27(33)37/h21-24,28,31H,1-20H2,(H,30,38)/t21-,22-,24+,28-/m0/s1. The average Bonchev–Trinajstić information content (AvgIpc) is 3.65. The average molecular weight is 578 g/mol. The number of ether oxygens (including phenoxy) is 3. The summed E-state index contributed by atoms with van der Waals surface area (Å²) < 4.78 is 16.5. The van der Waals surface area contributed by atoms with Crippen LogP contribution in [0.3, 0.4) is 0 Å². The lowest BCUT2D eigenvalue weighted by molar-refractivity contribution is -0.144. The zero-order chi connectivity index (χ0) is 28.6. The third kappa shape index (κ3) is 7.97. The van der Waals surface area contributed by atoms with E-state index in [0.29, 0.717) is 84.6 Å². The first-order valence-corrected chi connectivity index (χ1v) is 15.6. The van der Waals surface area contributed by atoms with Gasteiger partial charge in [-0.05, 0) is 37.5 Å². The van der Waals surface area contributed by atoms with Crippen LogP contribution in [0.1, 0.15) is 51.4 Å². The lowest BCUT2D eigenvalue weighted by atomic mass is 9.80. The molecule has 4 heterocycles. The van der Waals surface area contributed by atoms with Crippen molar-refractivity contribution < 1.29 is 33.4 Å². The van der Waals surface area contributed by atoms with Crippen LogP contribution in [0, 0.1) is 11.8 Å². The highest BCUT2D eigenvalue weighted by Gasteiger charge is 2.44. The Labute approximate surface area is 242 Å². The number of hydrogen-bond acceptors (Lipinski definition) is 8. The number of carbonyl (C=O) groups excluding carboxylic acids is 4. The van der Waals surface area contributed by atoms with Crippen LogP contribution in [0.4, 0.5) is 0 Å². The molecule has 4 saturated heterocycles. The minimum atomic E-state index is -0.586. The molecule has 0 spiro atoms. The first kappa shape index (κ1) is 30.2. The molecule has 12 heteroatoms. The van der Waals surface area contributed by atoms with E-state index in [0.717, 1.165) is 19.3 Å². The molecule has 5 aliphatic rings. The summed E-state index contributed by atoms with van der Waals surface area (Å²) in [5.74, 6) is -0.458. The minimum Gasteiger partial charge on any atom is -0.378 e. The van der Waals surface area contributed by atoms with Crippen molar-refractivity contribution >= 4 is 23.6 Å². The largest absolute Gasteiger partial charge is 0.378 e. The normalized spacial score (nSPS) is 31.6. The Bertz CT molecular complexity index is 923. The van der Waals surface area contributed by atoms with Gasteiger partial charge in [0.15, 0.2) is 0 Å². The number of hydrogen-bond donors (Lipinski definition) is 2. The number of amides is 4. The zero-order valence-electron chi connectivity index (χ0n) is 24.2. The van der Waals surface area contributed by atoms with Crippen LogP contribution in [-0.4, -0.2) is 135 Å². The predicted octanol–water partition coefficient (Wildman–Crippen LogP) is -0.245. The van der Waals surface area contributed by atoms with E-state index in [9.17, 15) is 19.2 Å². The summed E-state index contributed by atoms with van der Waals surface area (Å²) >= 11 is 0. The maximum Gasteiger partial charge on any atom is 0.248 e. The Balaban J connectivity index is 1.32. The van der Waals surface area contributed by atoms with E-state index >= 15 is 0 Å². The van der Waals surface area contributed by atoms with E-state index in [4.69, 9.17) is 14.2 Å². The zero-order valence-corrected chi connectivity index (χ0v) is 24.2. The molecule has 230 valence electrons. The molecule has 0 aromatic rings. The Morgan fingerprint density at radius 1 is 0.854 bits per heavy atom. The van der Waals surface area contributed by atoms with Gasteiger partial charge in [-0.25, -0.2) is 0 Å². The highest BCUT2D eigenvalue weighted by Crippen LogP contribution is 2.32. The second kappa shape index (κ2) is 14.8. The van der Waals surface area contributed by atoms with Gasteiger partial charge < -0.3 is 39.5 Å². The van der Waals surface area contributed by atoms with Gasteiger partial charge in [-0.3, -0.25) is 19.2 Å². The van der Waals surface area contributed by atoms with E-state index in [1.807, 2.05) is 4.90 Å². The van der Waals surface area contributed by atoms with Gasteiger partial charge in [-0.1, -0.05) is 12.8 Å². The smallest absolute Gasteiger partial charge is 0.248 e. The van der Waals surface area contributed by atoms with Crippen LogP contribution in [-0.2, 0) is 33.4 Å². The summed E-state index contributed by atoms with van der Waals surface area (Å²) in [7, 11) is 0. The molecule has 4 aliphatic heterocycles. The van der Waals surface area contributed by atoms with Gasteiger partial charge in [-0.15, -0.1) is 0 Å². The third-order valence-electron chi connectivity index (χ3n) is 9.42. The Hall–Kier alpha value is -2.28. The molecule has 5 rings (SSSR count). The summed E-state index contributed by atoms with van der Waals surface area (Å²) in [6.07, 6.45) is 6.50. The Morgan fingerprint density at radius 2 is 1.61 bits per heavy atom. The quantitative estimate of drug-likeness (QED) is 0.468. The molecule has 41 heavy (non-hydrogen) atoms. The van der Waals surface area contributed by atoms with Gasteiger partial charge in [0.1, 0.15) is 12.6 Å². The van der Waals surface area contributed by atoms with Gasteiger partial charge in [0.2, 0.25) is 23.6 Å². The van der Waals surface area contributed by atoms with Crippen molar-refractivity contribution in [2.24, 2.45) is 11.8 Å². The highest BCUT2D eigenvalue weighted by atomic mass is 16.5. The van der Waals surface area contributed by atoms with Gasteiger partial charge in [-0.2, -0.15) is 0 Å². The molecule has 2 bridgehead atoms. The minimum absolute atomic E-state index is 0.0166. The molecule has 0 radical (unpaired) electrons. The fourth-order valence-corrected chi connectivity index (χ4v) is 7.10. The fourth-order valence-electron chi connectivity index (χ4n) is 7.10. The molecule has 2 N–H and O–H groups in total. The Kier molecular flexibility index (Phi) is 10.9. The molecule has 1 saturated carbocycles. The first-order valence-electron chi connectivity index (χ1n) is 15.6. The van der Waals surface area contributed by atoms with Crippen LogP contribution in [0.25, 0.3) is 0 Å². The van der Waals surface area contributed by atoms with Crippen LogP contribution in [0.2, 0.25) is 0 Å². The molecule has 12 nitrogen and oxygen atoms in total. The summed E-state index contributed by atoms with van der Waals surface area (Å²) in [5, 5.41) is 6.68. The molecule has 1 aliphatic carbocycles. The molecule has 0 aromatic heterocycles. The van der Waals surface area contributed by atoms with E-state index < -0.39 is 6.04 Å². The molecular formula is C29H47N5O7. The Morgan fingerprint density at radius 3 is 2.41 bits per heavy atom. The fraction of sp³-hybridized carbons (Fsp3) is 0.862. The topological polar surface area (TPSA) is 130 Å². The van der Waals surface area contributed by atoms with Crippen molar-refractivity contribution in [2.45, 2.75) is 69.5 Å². The summed E-state index contributed by atoms with van der Waals surface area (Å²) in [4.78, 5) is 58.9. The predicted molar refractivity (Wildman–Crippen MR) is 149 cm³/mol. The maximum atomic E-state index is 13.9. The van der Waals surface area contributed by atoms with Gasteiger partial charge in [0, 0.05) is 64.2 Å². The van der Waals surface area contributed by atoms with E-state index in [-0.39, 0.29) is 61.1 Å². The molecule has 4 amide bonds. The summed E-state index contributed by atoms with van der Waals surface area (Å²) in [5.41, 5.74) is 0. The third-order valence-corrected chi connectivity index (χ3v) is 9.42. The second-order valence-electron chi connectivity index (χ2n) is 12.1. The number of piperidine rings is 1. The lowest BCUT2D eigenvalue weighted by Crippen LogP contribution is -2.56. The van der Waals surface area contributed by atoms with Crippen molar-refractivity contribution in [3.8, 4) is 0 Å². The van der Waals surface area contributed by atoms with Crippen molar-refractivity contribution in [1.29, 1.82) is 0 Å². The van der Waals surface area contributed by atoms with E-state index in [2.05, 4.69) is 10.6 Å². The van der Waals surface area contributed by atoms with Crippen molar-refractivity contribution in [2.75, 3.05) is 78.9 Å². The van der Waals surface area contributed by atoms with E-state index in [1.165, 1.54) is 12.8 Å². The number of morpholine rings is 1. The number of nitrogens with zero attached hydrogens (tertiary/aromatic N) is 3. The van der Waals surface area contributed by atoms with Crippen LogP contribution >= 0.6 is 0 Å². The first-order chi connectivity index (χ1) is 20.0. The molecule has 0 aromatic carbocycles. The number of nitrogens with one attached hydrogen (secondary N) is 2. The molecule has 4 atom stereocenters. The van der Waals surface area contributed by atoms with Crippen molar-refractivity contribution in [3.63, 3.8) is 0 Å². The maximum absolute atomic E-state index is 13.9. The van der Waals surface area contributed by atoms with Gasteiger partial charge >= 0.3 is 0 Å².